The molecule has 1 atom stereocenters. The number of sulfonamides is 2. The molecule has 15 heteroatoms. The van der Waals surface area contributed by atoms with Crippen molar-refractivity contribution in [1.29, 1.82) is 0 Å². The Bertz CT molecular complexity index is 1440. The molecule has 2 aromatic rings. The average Bonchev–Trinajstić information content (AvgIpc) is 3.24. The number of ether oxygens (including phenoxy) is 4. The Balaban J connectivity index is 1.94. The zero-order valence-corrected chi connectivity index (χ0v) is 23.3. The van der Waals surface area contributed by atoms with Crippen LogP contribution >= 0.6 is 0 Å². The highest BCUT2D eigenvalue weighted by molar-refractivity contribution is 7.92. The van der Waals surface area contributed by atoms with Gasteiger partial charge in [0.1, 0.15) is 32.8 Å². The van der Waals surface area contributed by atoms with Gasteiger partial charge >= 0.3 is 0 Å². The first-order valence-corrected chi connectivity index (χ1v) is 15.8. The molecule has 1 heterocycles. The quantitative estimate of drug-likeness (QED) is 0.384. The minimum absolute atomic E-state index is 0.0355. The summed E-state index contributed by atoms with van der Waals surface area (Å²) in [4.78, 5) is -0.419. The fraction of sp³-hybridized carbons (Fsp3) is 0.455. The van der Waals surface area contributed by atoms with Crippen molar-refractivity contribution in [3.63, 3.8) is 0 Å². The van der Waals surface area contributed by atoms with Crippen LogP contribution in [0.4, 0.5) is 0 Å². The second kappa shape index (κ2) is 11.4. The van der Waals surface area contributed by atoms with Gasteiger partial charge in [-0.3, -0.25) is 0 Å². The Morgan fingerprint density at radius 2 is 1.41 bits per heavy atom. The van der Waals surface area contributed by atoms with Gasteiger partial charge in [-0.1, -0.05) is 0 Å². The molecule has 1 aliphatic heterocycles. The first-order chi connectivity index (χ1) is 17.4. The number of hydrogen-bond acceptors (Lipinski definition) is 10. The molecule has 0 bridgehead atoms. The maximum Gasteiger partial charge on any atom is 0.247 e. The molecule has 2 aromatic carbocycles. The van der Waals surface area contributed by atoms with E-state index in [0.29, 0.717) is 0 Å². The van der Waals surface area contributed by atoms with Gasteiger partial charge in [-0.05, 0) is 30.7 Å². The monoisotopic (exact) mass is 578 g/mol. The summed E-state index contributed by atoms with van der Waals surface area (Å²) in [6.45, 7) is -0.681. The summed E-state index contributed by atoms with van der Waals surface area (Å²) in [7, 11) is -6.55. The van der Waals surface area contributed by atoms with Crippen LogP contribution in [0.3, 0.4) is 0 Å². The van der Waals surface area contributed by atoms with E-state index in [1.807, 2.05) is 0 Å². The molecule has 37 heavy (non-hydrogen) atoms. The van der Waals surface area contributed by atoms with Gasteiger partial charge in [0.15, 0.2) is 9.84 Å². The number of nitrogens with one attached hydrogen (secondary N) is 1. The number of rotatable bonds is 12. The lowest BCUT2D eigenvalue weighted by molar-refractivity contribution is 0.338. The maximum atomic E-state index is 13.8. The molecule has 3 rings (SSSR count). The summed E-state index contributed by atoms with van der Waals surface area (Å²) in [5.41, 5.74) is 0. The third-order valence-electron chi connectivity index (χ3n) is 5.86. The first-order valence-electron chi connectivity index (χ1n) is 11.0. The fourth-order valence-electron chi connectivity index (χ4n) is 3.98. The van der Waals surface area contributed by atoms with Gasteiger partial charge in [-0.15, -0.1) is 0 Å². The van der Waals surface area contributed by atoms with Gasteiger partial charge in [0, 0.05) is 31.3 Å². The molecule has 0 aliphatic carbocycles. The van der Waals surface area contributed by atoms with E-state index in [2.05, 4.69) is 4.72 Å². The van der Waals surface area contributed by atoms with Crippen LogP contribution in [-0.4, -0.2) is 88.6 Å². The zero-order valence-electron chi connectivity index (χ0n) is 20.8. The molecular formula is C22H30N2O10S3. The van der Waals surface area contributed by atoms with Crippen molar-refractivity contribution >= 4 is 29.9 Å². The SMILES string of the molecule is COc1ccc(OC)c(S(=O)(=O)NCCN([C@H]2CCS(=O)(=O)C2)S(=O)(=O)c2cc(OC)ccc2OC)c1. The fourth-order valence-corrected chi connectivity index (χ4v) is 8.83. The van der Waals surface area contributed by atoms with Crippen molar-refractivity contribution in [2.75, 3.05) is 53.0 Å². The van der Waals surface area contributed by atoms with Crippen molar-refractivity contribution < 1.29 is 44.2 Å². The Morgan fingerprint density at radius 1 is 0.865 bits per heavy atom. The highest BCUT2D eigenvalue weighted by atomic mass is 32.2. The van der Waals surface area contributed by atoms with E-state index in [1.165, 1.54) is 64.8 Å². The highest BCUT2D eigenvalue weighted by Gasteiger charge is 2.40. The minimum atomic E-state index is -4.33. The number of nitrogens with zero attached hydrogens (tertiary/aromatic N) is 1. The Kier molecular flexibility index (Phi) is 8.95. The predicted octanol–water partition coefficient (Wildman–Crippen LogP) is 0.877. The number of hydrogen-bond donors (Lipinski definition) is 1. The van der Waals surface area contributed by atoms with Gasteiger partial charge in [-0.2, -0.15) is 4.31 Å². The summed E-state index contributed by atoms with van der Waals surface area (Å²) in [5, 5.41) is 0. The molecule has 12 nitrogen and oxygen atoms in total. The normalized spacial score (nSPS) is 17.5. The van der Waals surface area contributed by atoms with E-state index in [9.17, 15) is 25.3 Å². The van der Waals surface area contributed by atoms with Crippen LogP contribution in [0.1, 0.15) is 6.42 Å². The zero-order chi connectivity index (χ0) is 27.4. The van der Waals surface area contributed by atoms with E-state index in [4.69, 9.17) is 18.9 Å². The molecule has 206 valence electrons. The number of benzene rings is 2. The van der Waals surface area contributed by atoms with Crippen molar-refractivity contribution in [3.05, 3.63) is 36.4 Å². The van der Waals surface area contributed by atoms with Gasteiger partial charge in [0.05, 0.1) is 39.9 Å². The molecule has 0 radical (unpaired) electrons. The van der Waals surface area contributed by atoms with Crippen LogP contribution in [0.2, 0.25) is 0 Å². The maximum absolute atomic E-state index is 13.8. The van der Waals surface area contributed by atoms with Gasteiger partial charge < -0.3 is 18.9 Å². The topological polar surface area (TPSA) is 155 Å². The summed E-state index contributed by atoms with van der Waals surface area (Å²) in [6, 6.07) is 7.58. The van der Waals surface area contributed by atoms with E-state index in [1.54, 1.807) is 0 Å². The Hall–Kier alpha value is -2.59. The van der Waals surface area contributed by atoms with E-state index in [-0.39, 0.29) is 63.8 Å². The highest BCUT2D eigenvalue weighted by Crippen LogP contribution is 2.33. The second-order valence-electron chi connectivity index (χ2n) is 8.10. The number of sulfone groups is 1. The minimum Gasteiger partial charge on any atom is -0.497 e. The first kappa shape index (κ1) is 29.0. The average molecular weight is 579 g/mol. The van der Waals surface area contributed by atoms with Gasteiger partial charge in [0.25, 0.3) is 0 Å². The molecule has 0 aromatic heterocycles. The van der Waals surface area contributed by atoms with Crippen LogP contribution in [0.5, 0.6) is 23.0 Å². The van der Waals surface area contributed by atoms with Gasteiger partial charge in [0.2, 0.25) is 20.0 Å². The third kappa shape index (κ3) is 6.46. The van der Waals surface area contributed by atoms with Crippen molar-refractivity contribution in [2.45, 2.75) is 22.3 Å². The lowest BCUT2D eigenvalue weighted by atomic mass is 10.2. The summed E-state index contributed by atoms with van der Waals surface area (Å²) >= 11 is 0. The molecule has 1 N–H and O–H groups in total. The molecule has 1 fully saturated rings. The van der Waals surface area contributed by atoms with E-state index >= 15 is 0 Å². The lowest BCUT2D eigenvalue weighted by Crippen LogP contribution is -2.45. The Morgan fingerprint density at radius 3 is 1.89 bits per heavy atom. The van der Waals surface area contributed by atoms with Gasteiger partial charge in [-0.25, -0.2) is 30.0 Å². The second-order valence-corrected chi connectivity index (χ2v) is 13.9. The summed E-state index contributed by atoms with van der Waals surface area (Å²) in [6.07, 6.45) is 0.0737. The Labute approximate surface area is 217 Å². The third-order valence-corrected chi connectivity index (χ3v) is 11.1. The molecule has 1 aliphatic rings. The van der Waals surface area contributed by atoms with Crippen LogP contribution in [0, 0.1) is 0 Å². The standard InChI is InChI=1S/C22H30N2O10S3/c1-31-17-5-7-19(33-3)21(13-17)36(27,28)23-10-11-24(16-9-12-35(25,26)15-16)37(29,30)22-14-18(32-2)6-8-20(22)34-4/h5-8,13-14,16,23H,9-12,15H2,1-4H3/t16-/m0/s1. The lowest BCUT2D eigenvalue weighted by Gasteiger charge is -2.28. The molecule has 1 saturated heterocycles. The molecule has 0 unspecified atom stereocenters. The predicted molar refractivity (Wildman–Crippen MR) is 135 cm³/mol. The van der Waals surface area contributed by atoms with Crippen LogP contribution < -0.4 is 23.7 Å². The number of methoxy groups -OCH3 is 4. The van der Waals surface area contributed by atoms with Crippen molar-refractivity contribution in [3.8, 4) is 23.0 Å². The van der Waals surface area contributed by atoms with Crippen LogP contribution in [0.25, 0.3) is 0 Å². The molecule has 0 saturated carbocycles. The van der Waals surface area contributed by atoms with Crippen molar-refractivity contribution in [2.24, 2.45) is 0 Å². The van der Waals surface area contributed by atoms with Crippen LogP contribution in [0.15, 0.2) is 46.2 Å². The smallest absolute Gasteiger partial charge is 0.247 e. The summed E-state index contributed by atoms with van der Waals surface area (Å²) < 4.78 is 102. The van der Waals surface area contributed by atoms with E-state index < -0.39 is 35.9 Å². The van der Waals surface area contributed by atoms with Crippen LogP contribution in [-0.2, 0) is 29.9 Å². The van der Waals surface area contributed by atoms with E-state index in [0.717, 1.165) is 4.31 Å². The molecule has 0 spiro atoms. The molecule has 0 amide bonds. The summed E-state index contributed by atoms with van der Waals surface area (Å²) in [5.74, 6) is 0.0886. The largest absolute Gasteiger partial charge is 0.497 e. The van der Waals surface area contributed by atoms with Crippen molar-refractivity contribution in [1.82, 2.24) is 9.03 Å². The molecular weight excluding hydrogens is 548 g/mol.